The van der Waals surface area contributed by atoms with Crippen LogP contribution in [0.15, 0.2) is 0 Å². The minimum absolute atomic E-state index is 0.207. The number of aromatic nitrogens is 3. The minimum Gasteiger partial charge on any atom is -0.463 e. The third-order valence-corrected chi connectivity index (χ3v) is 5.91. The summed E-state index contributed by atoms with van der Waals surface area (Å²) in [5.41, 5.74) is 8.21. The Kier molecular flexibility index (Phi) is 7.44. The lowest BCUT2D eigenvalue weighted by molar-refractivity contribution is 0.0897. The van der Waals surface area contributed by atoms with Gasteiger partial charge in [-0.3, -0.25) is 0 Å². The van der Waals surface area contributed by atoms with Crippen molar-refractivity contribution in [1.29, 1.82) is 5.26 Å². The summed E-state index contributed by atoms with van der Waals surface area (Å²) in [6, 6.07) is 3.47. The summed E-state index contributed by atoms with van der Waals surface area (Å²) in [6.07, 6.45) is 1.91. The topological polar surface area (TPSA) is 99.0 Å². The zero-order valence-corrected chi connectivity index (χ0v) is 18.4. The molecule has 0 aliphatic rings. The third kappa shape index (κ3) is 5.25. The first-order chi connectivity index (χ1) is 13.3. The van der Waals surface area contributed by atoms with Crippen molar-refractivity contribution in [3.63, 3.8) is 0 Å². The molecule has 2 rings (SSSR count). The number of nitriles is 1. The van der Waals surface area contributed by atoms with Crippen LogP contribution < -0.4 is 10.5 Å². The van der Waals surface area contributed by atoms with Gasteiger partial charge in [-0.1, -0.05) is 38.9 Å². The van der Waals surface area contributed by atoms with E-state index in [2.05, 4.69) is 54.4 Å². The number of nitrogens with zero attached hydrogens (tertiary/aromatic N) is 4. The molecular weight excluding hydrogens is 370 g/mol. The molecule has 0 fully saturated rings. The number of hydrogen-bond donors (Lipinski definition) is 1. The van der Waals surface area contributed by atoms with Gasteiger partial charge in [0, 0.05) is 14.7 Å². The predicted octanol–water partition coefficient (Wildman–Crippen LogP) is 3.75. The standard InChI is InChI=1S/C20H29N5O2Si/c1-6-8-10-27-20-23-17-15(9-7-2)16(13-21)25(18(17)19(22)24-20)14-26-11-12-28(3,4)5/h6,8,10-12,14H2,1-5H3,(H2,22,23,24). The van der Waals surface area contributed by atoms with E-state index < -0.39 is 8.07 Å². The molecule has 0 aliphatic carbocycles. The number of rotatable bonds is 9. The van der Waals surface area contributed by atoms with Crippen molar-refractivity contribution in [3.8, 4) is 23.9 Å². The van der Waals surface area contributed by atoms with Gasteiger partial charge in [-0.25, -0.2) is 0 Å². The first kappa shape index (κ1) is 21.7. The maximum Gasteiger partial charge on any atom is 0.319 e. The van der Waals surface area contributed by atoms with Crippen molar-refractivity contribution in [2.75, 3.05) is 18.9 Å². The van der Waals surface area contributed by atoms with Crippen LogP contribution in [0.25, 0.3) is 11.0 Å². The van der Waals surface area contributed by atoms with Crippen LogP contribution in [-0.4, -0.2) is 35.8 Å². The van der Waals surface area contributed by atoms with E-state index in [-0.39, 0.29) is 18.6 Å². The average Bonchev–Trinajstić information content (AvgIpc) is 2.92. The van der Waals surface area contributed by atoms with Gasteiger partial charge in [0.05, 0.1) is 12.2 Å². The smallest absolute Gasteiger partial charge is 0.319 e. The quantitative estimate of drug-likeness (QED) is 0.392. The number of nitrogen functional groups attached to an aromatic ring is 1. The van der Waals surface area contributed by atoms with Crippen molar-refractivity contribution in [3.05, 3.63) is 11.3 Å². The number of ether oxygens (including phenoxy) is 2. The summed E-state index contributed by atoms with van der Waals surface area (Å²) in [7, 11) is -1.20. The number of unbranched alkanes of at least 4 members (excludes halogenated alkanes) is 1. The Bertz CT molecular complexity index is 929. The van der Waals surface area contributed by atoms with Crippen LogP contribution in [0.3, 0.4) is 0 Å². The number of nitrogens with two attached hydrogens (primary N) is 1. The second-order valence-electron chi connectivity index (χ2n) is 7.78. The lowest BCUT2D eigenvalue weighted by Gasteiger charge is -2.16. The maximum absolute atomic E-state index is 9.74. The van der Waals surface area contributed by atoms with E-state index in [9.17, 15) is 5.26 Å². The van der Waals surface area contributed by atoms with Gasteiger partial charge < -0.3 is 19.8 Å². The monoisotopic (exact) mass is 399 g/mol. The molecule has 8 heteroatoms. The minimum atomic E-state index is -1.20. The van der Waals surface area contributed by atoms with Gasteiger partial charge in [0.2, 0.25) is 0 Å². The van der Waals surface area contributed by atoms with E-state index in [4.69, 9.17) is 15.2 Å². The van der Waals surface area contributed by atoms with E-state index >= 15 is 0 Å². The van der Waals surface area contributed by atoms with Crippen molar-refractivity contribution < 1.29 is 9.47 Å². The fraction of sp³-hybridized carbons (Fsp3) is 0.550. The Morgan fingerprint density at radius 1 is 1.21 bits per heavy atom. The van der Waals surface area contributed by atoms with Gasteiger partial charge in [0.15, 0.2) is 5.82 Å². The molecule has 0 bridgehead atoms. The average molecular weight is 400 g/mol. The molecule has 0 unspecified atom stereocenters. The fourth-order valence-electron chi connectivity index (χ4n) is 2.65. The zero-order chi connectivity index (χ0) is 20.7. The molecule has 28 heavy (non-hydrogen) atoms. The lowest BCUT2D eigenvalue weighted by atomic mass is 10.2. The van der Waals surface area contributed by atoms with Crippen LogP contribution in [0.2, 0.25) is 25.7 Å². The summed E-state index contributed by atoms with van der Waals surface area (Å²) in [5.74, 6) is 6.09. The van der Waals surface area contributed by atoms with Crippen LogP contribution in [0, 0.1) is 23.2 Å². The Morgan fingerprint density at radius 3 is 2.57 bits per heavy atom. The normalized spacial score (nSPS) is 11.1. The first-order valence-electron chi connectivity index (χ1n) is 9.55. The van der Waals surface area contributed by atoms with Gasteiger partial charge in [0.25, 0.3) is 0 Å². The maximum atomic E-state index is 9.74. The zero-order valence-electron chi connectivity index (χ0n) is 17.4. The highest BCUT2D eigenvalue weighted by Gasteiger charge is 2.22. The van der Waals surface area contributed by atoms with Gasteiger partial charge >= 0.3 is 6.01 Å². The molecule has 2 N–H and O–H groups in total. The summed E-state index contributed by atoms with van der Waals surface area (Å²) in [6.45, 7) is 12.0. The third-order valence-electron chi connectivity index (χ3n) is 4.21. The SMILES string of the molecule is CC#Cc1c(C#N)n(COCC[Si](C)(C)C)c2c(N)nc(OCCCC)nc12. The highest BCUT2D eigenvalue weighted by molar-refractivity contribution is 6.76. The first-order valence-corrected chi connectivity index (χ1v) is 13.3. The van der Waals surface area contributed by atoms with Crippen LogP contribution >= 0.6 is 0 Å². The van der Waals surface area contributed by atoms with Crippen LogP contribution in [0.1, 0.15) is 37.9 Å². The molecular formula is C20H29N5O2Si. The molecule has 0 aliphatic heterocycles. The highest BCUT2D eigenvalue weighted by atomic mass is 28.3. The lowest BCUT2D eigenvalue weighted by Crippen LogP contribution is -2.22. The summed E-state index contributed by atoms with van der Waals surface area (Å²) < 4.78 is 13.2. The second-order valence-corrected chi connectivity index (χ2v) is 13.4. The van der Waals surface area contributed by atoms with E-state index in [1.165, 1.54) is 0 Å². The molecule has 7 nitrogen and oxygen atoms in total. The van der Waals surface area contributed by atoms with Crippen LogP contribution in [-0.2, 0) is 11.5 Å². The molecule has 0 saturated heterocycles. The molecule has 0 amide bonds. The van der Waals surface area contributed by atoms with Gasteiger partial charge in [0.1, 0.15) is 29.5 Å². The van der Waals surface area contributed by atoms with Crippen LogP contribution in [0.5, 0.6) is 6.01 Å². The van der Waals surface area contributed by atoms with E-state index in [0.29, 0.717) is 35.5 Å². The second kappa shape index (κ2) is 9.58. The molecule has 0 spiro atoms. The molecule has 0 radical (unpaired) electrons. The molecule has 0 atom stereocenters. The van der Waals surface area contributed by atoms with E-state index in [0.717, 1.165) is 18.9 Å². The van der Waals surface area contributed by atoms with Crippen molar-refractivity contribution in [2.45, 2.75) is 59.1 Å². The molecule has 2 heterocycles. The Morgan fingerprint density at radius 2 is 1.96 bits per heavy atom. The Hall–Kier alpha value is -2.55. The summed E-state index contributed by atoms with van der Waals surface area (Å²) in [4.78, 5) is 8.75. The highest BCUT2D eigenvalue weighted by Crippen LogP contribution is 2.29. The van der Waals surface area contributed by atoms with Crippen molar-refractivity contribution in [1.82, 2.24) is 14.5 Å². The summed E-state index contributed by atoms with van der Waals surface area (Å²) >= 11 is 0. The van der Waals surface area contributed by atoms with Crippen molar-refractivity contribution >= 4 is 24.9 Å². The van der Waals surface area contributed by atoms with E-state index in [1.807, 2.05) is 0 Å². The van der Waals surface area contributed by atoms with Crippen molar-refractivity contribution in [2.24, 2.45) is 0 Å². The van der Waals surface area contributed by atoms with Gasteiger partial charge in [-0.15, -0.1) is 5.92 Å². The van der Waals surface area contributed by atoms with E-state index in [1.54, 1.807) is 11.5 Å². The molecule has 0 saturated carbocycles. The number of anilines is 1. The summed E-state index contributed by atoms with van der Waals surface area (Å²) in [5, 5.41) is 9.74. The Labute approximate surface area is 167 Å². The van der Waals surface area contributed by atoms with Gasteiger partial charge in [-0.05, 0) is 19.4 Å². The number of hydrogen-bond acceptors (Lipinski definition) is 6. The predicted molar refractivity (Wildman–Crippen MR) is 114 cm³/mol. The largest absolute Gasteiger partial charge is 0.463 e. The molecule has 150 valence electrons. The molecule has 0 aromatic carbocycles. The van der Waals surface area contributed by atoms with Crippen LogP contribution in [0.4, 0.5) is 5.82 Å². The Balaban J connectivity index is 2.44. The van der Waals surface area contributed by atoms with Gasteiger partial charge in [-0.2, -0.15) is 15.2 Å². The molecule has 2 aromatic heterocycles. The molecule has 2 aromatic rings. The fourth-order valence-corrected chi connectivity index (χ4v) is 3.40. The number of fused-ring (bicyclic) bond motifs is 1.